The van der Waals surface area contributed by atoms with Gasteiger partial charge in [-0.2, -0.15) is 0 Å². The minimum absolute atomic E-state index is 0.223. The summed E-state index contributed by atoms with van der Waals surface area (Å²) in [6, 6.07) is 3.90. The van der Waals surface area contributed by atoms with Crippen LogP contribution in [-0.4, -0.2) is 54.4 Å². The monoisotopic (exact) mass is 250 g/mol. The number of nitrogens with zero attached hydrogens (tertiary/aromatic N) is 3. The zero-order chi connectivity index (χ0) is 13.0. The predicted octanol–water partition coefficient (Wildman–Crippen LogP) is 0.769. The van der Waals surface area contributed by atoms with Gasteiger partial charge in [-0.1, -0.05) is 0 Å². The van der Waals surface area contributed by atoms with Crippen LogP contribution < -0.4 is 5.32 Å². The van der Waals surface area contributed by atoms with Crippen molar-refractivity contribution < 1.29 is 9.53 Å². The van der Waals surface area contributed by atoms with E-state index in [9.17, 15) is 4.79 Å². The molecule has 1 unspecified atom stereocenters. The standard InChI is InChI=1S/C12H18N4O2/c1-16-7-3-4-9(16)8-13-11-6-5-10(14-15-11)12(17)18-2/h5-6,9H,3-4,7-8H2,1-2H3,(H,13,15). The molecule has 1 aliphatic heterocycles. The average Bonchev–Trinajstić information content (AvgIpc) is 2.81. The number of methoxy groups -OCH3 is 1. The van der Waals surface area contributed by atoms with Crippen molar-refractivity contribution in [3.8, 4) is 0 Å². The molecule has 2 heterocycles. The summed E-state index contributed by atoms with van der Waals surface area (Å²) in [5.41, 5.74) is 0.223. The average molecular weight is 250 g/mol. The Balaban J connectivity index is 1.88. The first kappa shape index (κ1) is 12.8. The van der Waals surface area contributed by atoms with Crippen LogP contribution in [0.25, 0.3) is 0 Å². The molecule has 0 amide bonds. The molecule has 1 N–H and O–H groups in total. The number of likely N-dealkylation sites (tertiary alicyclic amines) is 1. The highest BCUT2D eigenvalue weighted by atomic mass is 16.5. The molecule has 0 radical (unpaired) electrons. The van der Waals surface area contributed by atoms with Gasteiger partial charge in [0.15, 0.2) is 5.69 Å². The molecule has 2 rings (SSSR count). The maximum absolute atomic E-state index is 11.2. The molecule has 0 spiro atoms. The Hall–Kier alpha value is -1.69. The van der Waals surface area contributed by atoms with Crippen molar-refractivity contribution in [2.45, 2.75) is 18.9 Å². The number of rotatable bonds is 4. The fraction of sp³-hybridized carbons (Fsp3) is 0.583. The fourth-order valence-corrected chi connectivity index (χ4v) is 2.10. The highest BCUT2D eigenvalue weighted by Gasteiger charge is 2.20. The van der Waals surface area contributed by atoms with Gasteiger partial charge in [-0.25, -0.2) is 4.79 Å². The third-order valence-electron chi connectivity index (χ3n) is 3.25. The van der Waals surface area contributed by atoms with Crippen LogP contribution in [0.15, 0.2) is 12.1 Å². The second-order valence-corrected chi connectivity index (χ2v) is 4.45. The van der Waals surface area contributed by atoms with Gasteiger partial charge < -0.3 is 15.0 Å². The lowest BCUT2D eigenvalue weighted by molar-refractivity contribution is 0.0593. The zero-order valence-corrected chi connectivity index (χ0v) is 10.7. The van der Waals surface area contributed by atoms with Crippen LogP contribution in [0, 0.1) is 0 Å². The Kier molecular flexibility index (Phi) is 4.09. The molecule has 6 nitrogen and oxygen atoms in total. The molecule has 0 saturated carbocycles. The molecule has 98 valence electrons. The van der Waals surface area contributed by atoms with Gasteiger partial charge in [0.25, 0.3) is 0 Å². The molecular formula is C12H18N4O2. The van der Waals surface area contributed by atoms with E-state index in [4.69, 9.17) is 0 Å². The summed E-state index contributed by atoms with van der Waals surface area (Å²) in [6.07, 6.45) is 2.45. The molecular weight excluding hydrogens is 232 g/mol. The molecule has 1 fully saturated rings. The Morgan fingerprint density at radius 1 is 1.56 bits per heavy atom. The summed E-state index contributed by atoms with van der Waals surface area (Å²) >= 11 is 0. The van der Waals surface area contributed by atoms with Crippen molar-refractivity contribution in [3.05, 3.63) is 17.8 Å². The van der Waals surface area contributed by atoms with E-state index in [0.29, 0.717) is 11.9 Å². The van der Waals surface area contributed by atoms with Crippen molar-refractivity contribution in [1.82, 2.24) is 15.1 Å². The van der Waals surface area contributed by atoms with Gasteiger partial charge in [-0.3, -0.25) is 0 Å². The van der Waals surface area contributed by atoms with Crippen LogP contribution in [0.4, 0.5) is 5.82 Å². The molecule has 0 aliphatic carbocycles. The second-order valence-electron chi connectivity index (χ2n) is 4.45. The maximum Gasteiger partial charge on any atom is 0.358 e. The second kappa shape index (κ2) is 5.77. The van der Waals surface area contributed by atoms with Gasteiger partial charge >= 0.3 is 5.97 Å². The smallest absolute Gasteiger partial charge is 0.358 e. The van der Waals surface area contributed by atoms with Gasteiger partial charge in [0, 0.05) is 12.6 Å². The summed E-state index contributed by atoms with van der Waals surface area (Å²) in [6.45, 7) is 2.00. The van der Waals surface area contributed by atoms with Crippen molar-refractivity contribution in [2.75, 3.05) is 32.6 Å². The van der Waals surface area contributed by atoms with Crippen molar-refractivity contribution in [1.29, 1.82) is 0 Å². The molecule has 18 heavy (non-hydrogen) atoms. The number of anilines is 1. The minimum atomic E-state index is -0.468. The summed E-state index contributed by atoms with van der Waals surface area (Å²) in [4.78, 5) is 13.5. The Morgan fingerprint density at radius 3 is 2.94 bits per heavy atom. The van der Waals surface area contributed by atoms with Gasteiger partial charge in [0.1, 0.15) is 5.82 Å². The Labute approximate surface area is 106 Å². The number of aromatic nitrogens is 2. The van der Waals surface area contributed by atoms with Crippen molar-refractivity contribution in [2.24, 2.45) is 0 Å². The lowest BCUT2D eigenvalue weighted by Gasteiger charge is -2.19. The van der Waals surface area contributed by atoms with Gasteiger partial charge in [-0.05, 0) is 38.6 Å². The third-order valence-corrected chi connectivity index (χ3v) is 3.25. The van der Waals surface area contributed by atoms with E-state index >= 15 is 0 Å². The number of carbonyl (C=O) groups excluding carboxylic acids is 1. The van der Waals surface area contributed by atoms with E-state index in [1.54, 1.807) is 12.1 Å². The summed E-state index contributed by atoms with van der Waals surface area (Å²) < 4.78 is 4.56. The largest absolute Gasteiger partial charge is 0.464 e. The minimum Gasteiger partial charge on any atom is -0.464 e. The number of hydrogen-bond donors (Lipinski definition) is 1. The van der Waals surface area contributed by atoms with Crippen LogP contribution in [0.2, 0.25) is 0 Å². The first-order chi connectivity index (χ1) is 8.70. The fourth-order valence-electron chi connectivity index (χ4n) is 2.10. The number of esters is 1. The van der Waals surface area contributed by atoms with E-state index in [1.165, 1.54) is 20.0 Å². The molecule has 1 aromatic rings. The van der Waals surface area contributed by atoms with E-state index in [0.717, 1.165) is 13.1 Å². The van der Waals surface area contributed by atoms with E-state index in [2.05, 4.69) is 32.2 Å². The number of likely N-dealkylation sites (N-methyl/N-ethyl adjacent to an activating group) is 1. The van der Waals surface area contributed by atoms with Crippen LogP contribution in [0.1, 0.15) is 23.3 Å². The van der Waals surface area contributed by atoms with E-state index < -0.39 is 5.97 Å². The molecule has 6 heteroatoms. The SMILES string of the molecule is COC(=O)c1ccc(NCC2CCCN2C)nn1. The van der Waals surface area contributed by atoms with Crippen molar-refractivity contribution >= 4 is 11.8 Å². The normalized spacial score (nSPS) is 19.8. The van der Waals surface area contributed by atoms with E-state index in [1.807, 2.05) is 0 Å². The first-order valence-corrected chi connectivity index (χ1v) is 6.07. The molecule has 0 aromatic carbocycles. The highest BCUT2D eigenvalue weighted by Crippen LogP contribution is 2.15. The molecule has 0 bridgehead atoms. The molecule has 1 aliphatic rings. The molecule has 1 saturated heterocycles. The summed E-state index contributed by atoms with van der Waals surface area (Å²) in [7, 11) is 3.46. The number of carbonyl (C=O) groups is 1. The third kappa shape index (κ3) is 2.95. The van der Waals surface area contributed by atoms with Gasteiger partial charge in [0.2, 0.25) is 0 Å². The lowest BCUT2D eigenvalue weighted by atomic mass is 10.2. The first-order valence-electron chi connectivity index (χ1n) is 6.07. The zero-order valence-electron chi connectivity index (χ0n) is 10.7. The number of ether oxygens (including phenoxy) is 1. The van der Waals surface area contributed by atoms with Crippen LogP contribution in [-0.2, 0) is 4.74 Å². The molecule has 1 aromatic heterocycles. The van der Waals surface area contributed by atoms with Crippen LogP contribution >= 0.6 is 0 Å². The van der Waals surface area contributed by atoms with E-state index in [-0.39, 0.29) is 5.69 Å². The highest BCUT2D eigenvalue weighted by molar-refractivity contribution is 5.86. The maximum atomic E-state index is 11.2. The Morgan fingerprint density at radius 2 is 2.39 bits per heavy atom. The predicted molar refractivity (Wildman–Crippen MR) is 67.5 cm³/mol. The number of hydrogen-bond acceptors (Lipinski definition) is 6. The topological polar surface area (TPSA) is 67.3 Å². The quantitative estimate of drug-likeness (QED) is 0.796. The van der Waals surface area contributed by atoms with Crippen molar-refractivity contribution in [3.63, 3.8) is 0 Å². The van der Waals surface area contributed by atoms with Gasteiger partial charge in [-0.15, -0.1) is 10.2 Å². The molecule has 1 atom stereocenters. The van der Waals surface area contributed by atoms with Crippen LogP contribution in [0.3, 0.4) is 0 Å². The summed E-state index contributed by atoms with van der Waals surface area (Å²) in [5.74, 6) is 0.215. The van der Waals surface area contributed by atoms with Gasteiger partial charge in [0.05, 0.1) is 7.11 Å². The lowest BCUT2D eigenvalue weighted by Crippen LogP contribution is -2.31. The Bertz CT molecular complexity index is 407. The summed E-state index contributed by atoms with van der Waals surface area (Å²) in [5, 5.41) is 11.0. The van der Waals surface area contributed by atoms with Crippen LogP contribution in [0.5, 0.6) is 0 Å². The number of nitrogens with one attached hydrogen (secondary N) is 1.